The minimum atomic E-state index is -0.0294. The second kappa shape index (κ2) is 3.32. The van der Waals surface area contributed by atoms with Crippen molar-refractivity contribution in [3.8, 4) is 0 Å². The predicted octanol–water partition coefficient (Wildman–Crippen LogP) is 2.75. The van der Waals surface area contributed by atoms with Crippen LogP contribution in [0.1, 0.15) is 24.8 Å². The van der Waals surface area contributed by atoms with Crippen molar-refractivity contribution in [3.63, 3.8) is 0 Å². The zero-order chi connectivity index (χ0) is 9.31. The smallest absolute Gasteiger partial charge is 0.0528 e. The van der Waals surface area contributed by atoms with Crippen LogP contribution in [0.2, 0.25) is 5.02 Å². The lowest BCUT2D eigenvalue weighted by Gasteiger charge is -2.41. The van der Waals surface area contributed by atoms with Crippen molar-refractivity contribution in [2.45, 2.75) is 24.7 Å². The Kier molecular flexibility index (Phi) is 2.31. The molecule has 0 spiro atoms. The molecule has 0 radical (unpaired) electrons. The first-order valence-corrected chi connectivity index (χ1v) is 5.02. The van der Waals surface area contributed by atoms with Crippen molar-refractivity contribution in [2.24, 2.45) is 0 Å². The summed E-state index contributed by atoms with van der Waals surface area (Å²) in [5, 5.41) is 10.1. The molecule has 1 N–H and O–H groups in total. The molecular weight excluding hydrogens is 184 g/mol. The summed E-state index contributed by atoms with van der Waals surface area (Å²) in [5.74, 6) is 0. The lowest BCUT2D eigenvalue weighted by atomic mass is 9.65. The Hall–Kier alpha value is -0.530. The second-order valence-corrected chi connectivity index (χ2v) is 4.18. The number of halogens is 1. The molecule has 0 amide bonds. The molecule has 0 aliphatic heterocycles. The number of hydrogen-bond donors (Lipinski definition) is 1. The fraction of sp³-hybridized carbons (Fsp3) is 0.455. The van der Waals surface area contributed by atoms with Crippen molar-refractivity contribution >= 4 is 11.6 Å². The maximum absolute atomic E-state index is 9.36. The molecule has 2 heteroatoms. The molecule has 1 nitrogen and oxygen atoms in total. The Morgan fingerprint density at radius 1 is 1.31 bits per heavy atom. The van der Waals surface area contributed by atoms with E-state index in [-0.39, 0.29) is 12.0 Å². The summed E-state index contributed by atoms with van der Waals surface area (Å²) in [6.45, 7) is 0.219. The normalized spacial score (nSPS) is 19.5. The highest BCUT2D eigenvalue weighted by Gasteiger charge is 2.39. The average Bonchev–Trinajstić information content (AvgIpc) is 2.07. The van der Waals surface area contributed by atoms with E-state index < -0.39 is 0 Å². The zero-order valence-electron chi connectivity index (χ0n) is 7.46. The summed E-state index contributed by atoms with van der Waals surface area (Å²) in [4.78, 5) is 0. The van der Waals surface area contributed by atoms with Gasteiger partial charge in [-0.2, -0.15) is 0 Å². The second-order valence-electron chi connectivity index (χ2n) is 3.77. The Morgan fingerprint density at radius 3 is 2.46 bits per heavy atom. The maximum atomic E-state index is 9.36. The van der Waals surface area contributed by atoms with Gasteiger partial charge in [-0.15, -0.1) is 0 Å². The number of aliphatic hydroxyl groups excluding tert-OH is 1. The van der Waals surface area contributed by atoms with Gasteiger partial charge in [-0.1, -0.05) is 36.2 Å². The summed E-state index contributed by atoms with van der Waals surface area (Å²) in [5.41, 5.74) is 1.09. The Balaban J connectivity index is 2.38. The van der Waals surface area contributed by atoms with E-state index in [1.54, 1.807) is 0 Å². The van der Waals surface area contributed by atoms with Crippen molar-refractivity contribution in [1.29, 1.82) is 0 Å². The van der Waals surface area contributed by atoms with E-state index in [0.717, 1.165) is 23.4 Å². The van der Waals surface area contributed by atoms with Crippen molar-refractivity contribution in [1.82, 2.24) is 0 Å². The fourth-order valence-corrected chi connectivity index (χ4v) is 2.34. The van der Waals surface area contributed by atoms with Gasteiger partial charge in [0.25, 0.3) is 0 Å². The molecule has 0 saturated heterocycles. The molecule has 0 unspecified atom stereocenters. The molecule has 1 aromatic carbocycles. The van der Waals surface area contributed by atoms with Gasteiger partial charge in [-0.05, 0) is 24.5 Å². The van der Waals surface area contributed by atoms with E-state index in [1.165, 1.54) is 6.42 Å². The highest BCUT2D eigenvalue weighted by Crippen LogP contribution is 2.45. The van der Waals surface area contributed by atoms with Gasteiger partial charge in [0.05, 0.1) is 6.61 Å². The van der Waals surface area contributed by atoms with E-state index in [0.29, 0.717) is 0 Å². The molecule has 2 rings (SSSR count). The Labute approximate surface area is 83.3 Å². The Morgan fingerprint density at radius 2 is 2.00 bits per heavy atom. The van der Waals surface area contributed by atoms with Crippen LogP contribution < -0.4 is 0 Å². The zero-order valence-corrected chi connectivity index (χ0v) is 8.22. The van der Waals surface area contributed by atoms with Gasteiger partial charge < -0.3 is 5.11 Å². The van der Waals surface area contributed by atoms with Crippen LogP contribution in [0.5, 0.6) is 0 Å². The molecule has 0 atom stereocenters. The minimum Gasteiger partial charge on any atom is -0.395 e. The van der Waals surface area contributed by atoms with Gasteiger partial charge in [0, 0.05) is 10.4 Å². The summed E-state index contributed by atoms with van der Waals surface area (Å²) in [6, 6.07) is 7.83. The average molecular weight is 197 g/mol. The number of benzene rings is 1. The molecule has 70 valence electrons. The van der Waals surface area contributed by atoms with Crippen LogP contribution in [-0.4, -0.2) is 11.7 Å². The molecule has 1 saturated carbocycles. The van der Waals surface area contributed by atoms with E-state index in [9.17, 15) is 5.11 Å². The molecular formula is C11H13ClO. The highest BCUT2D eigenvalue weighted by atomic mass is 35.5. The first-order valence-electron chi connectivity index (χ1n) is 4.64. The summed E-state index contributed by atoms with van der Waals surface area (Å²) < 4.78 is 0. The third-order valence-corrected chi connectivity index (χ3v) is 3.39. The van der Waals surface area contributed by atoms with Gasteiger partial charge >= 0.3 is 0 Å². The van der Waals surface area contributed by atoms with Gasteiger partial charge in [-0.3, -0.25) is 0 Å². The van der Waals surface area contributed by atoms with Gasteiger partial charge in [-0.25, -0.2) is 0 Å². The number of rotatable bonds is 2. The molecule has 1 aliphatic carbocycles. The molecule has 1 fully saturated rings. The van der Waals surface area contributed by atoms with Crippen LogP contribution in [0.3, 0.4) is 0 Å². The van der Waals surface area contributed by atoms with Crippen LogP contribution >= 0.6 is 11.6 Å². The molecule has 13 heavy (non-hydrogen) atoms. The summed E-state index contributed by atoms with van der Waals surface area (Å²) >= 11 is 6.09. The van der Waals surface area contributed by atoms with Crippen molar-refractivity contribution in [2.75, 3.05) is 6.61 Å². The van der Waals surface area contributed by atoms with Crippen LogP contribution in [0, 0.1) is 0 Å². The highest BCUT2D eigenvalue weighted by molar-refractivity contribution is 6.31. The quantitative estimate of drug-likeness (QED) is 0.771. The first-order chi connectivity index (χ1) is 6.28. The van der Waals surface area contributed by atoms with Crippen molar-refractivity contribution < 1.29 is 5.11 Å². The lowest BCUT2D eigenvalue weighted by Crippen LogP contribution is -2.38. The SMILES string of the molecule is OCC1(c2ccccc2Cl)CCC1. The number of aliphatic hydroxyl groups is 1. The van der Waals surface area contributed by atoms with E-state index >= 15 is 0 Å². The third kappa shape index (κ3) is 1.36. The fourth-order valence-electron chi connectivity index (χ4n) is 2.01. The summed E-state index contributed by atoms with van der Waals surface area (Å²) in [7, 11) is 0. The monoisotopic (exact) mass is 196 g/mol. The van der Waals surface area contributed by atoms with Crippen LogP contribution in [0.4, 0.5) is 0 Å². The molecule has 1 aromatic rings. The van der Waals surface area contributed by atoms with Gasteiger partial charge in [0.2, 0.25) is 0 Å². The lowest BCUT2D eigenvalue weighted by molar-refractivity contribution is 0.120. The van der Waals surface area contributed by atoms with E-state index in [1.807, 2.05) is 24.3 Å². The van der Waals surface area contributed by atoms with Crippen molar-refractivity contribution in [3.05, 3.63) is 34.9 Å². The van der Waals surface area contributed by atoms with Crippen LogP contribution in [-0.2, 0) is 5.41 Å². The maximum Gasteiger partial charge on any atom is 0.0528 e. The largest absolute Gasteiger partial charge is 0.395 e. The van der Waals surface area contributed by atoms with E-state index in [4.69, 9.17) is 11.6 Å². The third-order valence-electron chi connectivity index (χ3n) is 3.06. The number of hydrogen-bond acceptors (Lipinski definition) is 1. The standard InChI is InChI=1S/C11H13ClO/c12-10-5-2-1-4-9(10)11(8-13)6-3-7-11/h1-2,4-5,13H,3,6-8H2. The summed E-state index contributed by atoms with van der Waals surface area (Å²) in [6.07, 6.45) is 3.33. The first kappa shape index (κ1) is 9.04. The van der Waals surface area contributed by atoms with Crippen LogP contribution in [0.25, 0.3) is 0 Å². The predicted molar refractivity (Wildman–Crippen MR) is 54.1 cm³/mol. The van der Waals surface area contributed by atoms with Gasteiger partial charge in [0.15, 0.2) is 0 Å². The molecule has 0 heterocycles. The van der Waals surface area contributed by atoms with Crippen LogP contribution in [0.15, 0.2) is 24.3 Å². The molecule has 0 aromatic heterocycles. The molecule has 1 aliphatic rings. The molecule has 0 bridgehead atoms. The Bertz CT molecular complexity index is 299. The minimum absolute atomic E-state index is 0.0294. The topological polar surface area (TPSA) is 20.2 Å². The van der Waals surface area contributed by atoms with E-state index in [2.05, 4.69) is 0 Å². The van der Waals surface area contributed by atoms with Gasteiger partial charge in [0.1, 0.15) is 0 Å².